The number of hydrogen-bond donors (Lipinski definition) is 3. The second-order valence-electron chi connectivity index (χ2n) is 5.74. The fourth-order valence-corrected chi connectivity index (χ4v) is 2.42. The quantitative estimate of drug-likeness (QED) is 0.669. The molecule has 3 N–H and O–H groups in total. The predicted octanol–water partition coefficient (Wildman–Crippen LogP) is 0.875. The largest absolute Gasteiger partial charge is 0.344 e. The summed E-state index contributed by atoms with van der Waals surface area (Å²) in [7, 11) is 0. The second kappa shape index (κ2) is 7.87. The van der Waals surface area contributed by atoms with Crippen LogP contribution < -0.4 is 16.2 Å². The molecule has 1 fully saturated rings. The summed E-state index contributed by atoms with van der Waals surface area (Å²) >= 11 is 0. The molecular formula is C14H25N3O3. The van der Waals surface area contributed by atoms with E-state index >= 15 is 0 Å². The van der Waals surface area contributed by atoms with Gasteiger partial charge in [0, 0.05) is 12.8 Å². The average Bonchev–Trinajstić information content (AvgIpc) is 2.42. The molecule has 20 heavy (non-hydrogen) atoms. The lowest BCUT2D eigenvalue weighted by Gasteiger charge is -2.23. The molecular weight excluding hydrogens is 258 g/mol. The Kier molecular flexibility index (Phi) is 6.48. The minimum absolute atomic E-state index is 0.0117. The van der Waals surface area contributed by atoms with Crippen molar-refractivity contribution in [1.29, 1.82) is 0 Å². The SMILES string of the molecule is CC(=O)N[C@H](C(=O)NNC(=O)C1CCCCC1)C(C)C. The van der Waals surface area contributed by atoms with Crippen molar-refractivity contribution in [1.82, 2.24) is 16.2 Å². The van der Waals surface area contributed by atoms with Crippen molar-refractivity contribution >= 4 is 17.7 Å². The van der Waals surface area contributed by atoms with E-state index in [1.807, 2.05) is 13.8 Å². The summed E-state index contributed by atoms with van der Waals surface area (Å²) in [5.74, 6) is -0.854. The van der Waals surface area contributed by atoms with E-state index in [2.05, 4.69) is 16.2 Å². The van der Waals surface area contributed by atoms with Gasteiger partial charge in [0.1, 0.15) is 6.04 Å². The summed E-state index contributed by atoms with van der Waals surface area (Å²) in [6, 6.07) is -0.640. The molecule has 0 aromatic carbocycles. The van der Waals surface area contributed by atoms with Gasteiger partial charge >= 0.3 is 0 Å². The number of amides is 3. The van der Waals surface area contributed by atoms with Crippen LogP contribution in [0, 0.1) is 11.8 Å². The standard InChI is InChI=1S/C14H25N3O3/c1-9(2)12(15-10(3)18)14(20)17-16-13(19)11-7-5-4-6-8-11/h9,11-12H,4-8H2,1-3H3,(H,15,18)(H,16,19)(H,17,20)/t12-/m0/s1. The summed E-state index contributed by atoms with van der Waals surface area (Å²) < 4.78 is 0. The number of carbonyl (C=O) groups excluding carboxylic acids is 3. The van der Waals surface area contributed by atoms with Crippen LogP contribution in [0.5, 0.6) is 0 Å². The van der Waals surface area contributed by atoms with E-state index in [9.17, 15) is 14.4 Å². The zero-order chi connectivity index (χ0) is 15.1. The lowest BCUT2D eigenvalue weighted by molar-refractivity contribution is -0.134. The van der Waals surface area contributed by atoms with Crippen molar-refractivity contribution in [2.24, 2.45) is 11.8 Å². The topological polar surface area (TPSA) is 87.3 Å². The maximum absolute atomic E-state index is 12.0. The summed E-state index contributed by atoms with van der Waals surface area (Å²) in [5, 5.41) is 2.58. The molecule has 0 bridgehead atoms. The summed E-state index contributed by atoms with van der Waals surface area (Å²) in [5.41, 5.74) is 4.88. The van der Waals surface area contributed by atoms with E-state index < -0.39 is 6.04 Å². The molecule has 1 saturated carbocycles. The molecule has 0 aromatic heterocycles. The van der Waals surface area contributed by atoms with Crippen molar-refractivity contribution in [3.63, 3.8) is 0 Å². The van der Waals surface area contributed by atoms with Crippen LogP contribution in [0.1, 0.15) is 52.9 Å². The van der Waals surface area contributed by atoms with Crippen molar-refractivity contribution in [3.05, 3.63) is 0 Å². The zero-order valence-electron chi connectivity index (χ0n) is 12.5. The Labute approximate surface area is 120 Å². The monoisotopic (exact) mass is 283 g/mol. The van der Waals surface area contributed by atoms with Gasteiger partial charge in [-0.1, -0.05) is 33.1 Å². The second-order valence-corrected chi connectivity index (χ2v) is 5.74. The molecule has 0 spiro atoms. The van der Waals surface area contributed by atoms with Gasteiger partial charge in [-0.3, -0.25) is 25.2 Å². The highest BCUT2D eigenvalue weighted by molar-refractivity contribution is 5.89. The van der Waals surface area contributed by atoms with E-state index in [1.165, 1.54) is 13.3 Å². The number of carbonyl (C=O) groups is 3. The Balaban J connectivity index is 2.43. The molecule has 0 radical (unpaired) electrons. The molecule has 0 unspecified atom stereocenters. The summed E-state index contributed by atoms with van der Waals surface area (Å²) in [6.07, 6.45) is 5.05. The van der Waals surface area contributed by atoms with Gasteiger partial charge in [-0.15, -0.1) is 0 Å². The van der Waals surface area contributed by atoms with Crippen LogP contribution in [0.4, 0.5) is 0 Å². The highest BCUT2D eigenvalue weighted by atomic mass is 16.2. The number of nitrogens with one attached hydrogen (secondary N) is 3. The molecule has 1 rings (SSSR count). The third-order valence-electron chi connectivity index (χ3n) is 3.59. The number of rotatable bonds is 4. The molecule has 6 heteroatoms. The number of hydrazine groups is 1. The molecule has 0 aromatic rings. The Morgan fingerprint density at radius 3 is 2.10 bits per heavy atom. The smallest absolute Gasteiger partial charge is 0.261 e. The fraction of sp³-hybridized carbons (Fsp3) is 0.786. The first-order valence-corrected chi connectivity index (χ1v) is 7.28. The lowest BCUT2D eigenvalue weighted by Crippen LogP contribution is -2.54. The Hall–Kier alpha value is -1.59. The molecule has 114 valence electrons. The van der Waals surface area contributed by atoms with Gasteiger partial charge in [0.15, 0.2) is 0 Å². The minimum atomic E-state index is -0.640. The summed E-state index contributed by atoms with van der Waals surface area (Å²) in [4.78, 5) is 34.9. The predicted molar refractivity (Wildman–Crippen MR) is 75.3 cm³/mol. The Bertz CT molecular complexity index is 363. The lowest BCUT2D eigenvalue weighted by atomic mass is 9.89. The normalized spacial score (nSPS) is 17.4. The molecule has 3 amide bonds. The van der Waals surface area contributed by atoms with Crippen LogP contribution in [0.15, 0.2) is 0 Å². The Morgan fingerprint density at radius 1 is 1.00 bits per heavy atom. The van der Waals surface area contributed by atoms with Gasteiger partial charge in [-0.25, -0.2) is 0 Å². The van der Waals surface area contributed by atoms with Gasteiger partial charge in [0.25, 0.3) is 5.91 Å². The van der Waals surface area contributed by atoms with Crippen molar-refractivity contribution in [3.8, 4) is 0 Å². The van der Waals surface area contributed by atoms with E-state index in [0.717, 1.165) is 25.7 Å². The third kappa shape index (κ3) is 5.19. The molecule has 0 saturated heterocycles. The first-order valence-electron chi connectivity index (χ1n) is 7.28. The van der Waals surface area contributed by atoms with Gasteiger partial charge in [-0.05, 0) is 18.8 Å². The zero-order valence-corrected chi connectivity index (χ0v) is 12.5. The summed E-state index contributed by atoms with van der Waals surface area (Å²) in [6.45, 7) is 5.04. The van der Waals surface area contributed by atoms with Crippen molar-refractivity contribution in [2.45, 2.75) is 58.9 Å². The minimum Gasteiger partial charge on any atom is -0.344 e. The van der Waals surface area contributed by atoms with Crippen LogP contribution >= 0.6 is 0 Å². The van der Waals surface area contributed by atoms with Gasteiger partial charge in [0.05, 0.1) is 0 Å². The van der Waals surface area contributed by atoms with Crippen LogP contribution in [0.25, 0.3) is 0 Å². The van der Waals surface area contributed by atoms with Gasteiger partial charge in [0.2, 0.25) is 11.8 Å². The van der Waals surface area contributed by atoms with Crippen LogP contribution in [0.3, 0.4) is 0 Å². The third-order valence-corrected chi connectivity index (χ3v) is 3.59. The first-order chi connectivity index (χ1) is 9.41. The highest BCUT2D eigenvalue weighted by Gasteiger charge is 2.25. The maximum Gasteiger partial charge on any atom is 0.261 e. The number of hydrogen-bond acceptors (Lipinski definition) is 3. The maximum atomic E-state index is 12.0. The van der Waals surface area contributed by atoms with Crippen LogP contribution in [0.2, 0.25) is 0 Å². The highest BCUT2D eigenvalue weighted by Crippen LogP contribution is 2.23. The van der Waals surface area contributed by atoms with Crippen molar-refractivity contribution < 1.29 is 14.4 Å². The fourth-order valence-electron chi connectivity index (χ4n) is 2.42. The van der Waals surface area contributed by atoms with Crippen LogP contribution in [-0.4, -0.2) is 23.8 Å². The molecule has 6 nitrogen and oxygen atoms in total. The van der Waals surface area contributed by atoms with E-state index in [1.54, 1.807) is 0 Å². The first kappa shape index (κ1) is 16.5. The molecule has 1 aliphatic rings. The van der Waals surface area contributed by atoms with Crippen LogP contribution in [-0.2, 0) is 14.4 Å². The van der Waals surface area contributed by atoms with Crippen molar-refractivity contribution in [2.75, 3.05) is 0 Å². The van der Waals surface area contributed by atoms with E-state index in [0.29, 0.717) is 0 Å². The molecule has 0 heterocycles. The Morgan fingerprint density at radius 2 is 1.60 bits per heavy atom. The molecule has 1 atom stereocenters. The average molecular weight is 283 g/mol. The molecule has 0 aliphatic heterocycles. The van der Waals surface area contributed by atoms with Gasteiger partial charge in [-0.2, -0.15) is 0 Å². The van der Waals surface area contributed by atoms with E-state index in [4.69, 9.17) is 0 Å². The van der Waals surface area contributed by atoms with E-state index in [-0.39, 0.29) is 29.6 Å². The molecule has 1 aliphatic carbocycles. The van der Waals surface area contributed by atoms with Gasteiger partial charge < -0.3 is 5.32 Å².